The Morgan fingerprint density at radius 1 is 1.50 bits per heavy atom. The molecule has 5 nitrogen and oxygen atoms in total. The molecule has 1 saturated carbocycles. The zero-order valence-corrected chi connectivity index (χ0v) is 12.3. The zero-order chi connectivity index (χ0) is 13.2. The highest BCUT2D eigenvalue weighted by Gasteiger charge is 2.29. The third-order valence-corrected chi connectivity index (χ3v) is 5.42. The van der Waals surface area contributed by atoms with E-state index < -0.39 is 15.6 Å². The number of nitrogens with zero attached hydrogens (tertiary/aromatic N) is 1. The fraction of sp³-hybridized carbons (Fsp3) is 0.727. The largest absolute Gasteiger partial charge is 0.313 e. The van der Waals surface area contributed by atoms with Crippen LogP contribution in [0.25, 0.3) is 0 Å². The highest BCUT2D eigenvalue weighted by atomic mass is 32.2. The lowest BCUT2D eigenvalue weighted by Gasteiger charge is -2.23. The number of hydrogen-bond acceptors (Lipinski definition) is 5. The van der Waals surface area contributed by atoms with Gasteiger partial charge in [-0.2, -0.15) is 0 Å². The number of nitrogens with one attached hydrogen (secondary N) is 2. The fourth-order valence-corrected chi connectivity index (χ4v) is 3.85. The molecule has 0 atom stereocenters. The molecule has 0 amide bonds. The molecule has 1 aromatic heterocycles. The summed E-state index contributed by atoms with van der Waals surface area (Å²) in [6.07, 6.45) is 4.01. The van der Waals surface area contributed by atoms with Crippen molar-refractivity contribution in [2.45, 2.75) is 38.3 Å². The molecule has 0 spiro atoms. The summed E-state index contributed by atoms with van der Waals surface area (Å²) in [6.45, 7) is 4.17. The van der Waals surface area contributed by atoms with Crippen LogP contribution in [0.2, 0.25) is 0 Å². The van der Waals surface area contributed by atoms with E-state index in [1.165, 1.54) is 11.3 Å². The van der Waals surface area contributed by atoms with Crippen LogP contribution in [-0.4, -0.2) is 31.7 Å². The molecule has 0 bridgehead atoms. The Morgan fingerprint density at radius 3 is 2.78 bits per heavy atom. The van der Waals surface area contributed by atoms with E-state index in [0.717, 1.165) is 17.8 Å². The first-order chi connectivity index (χ1) is 8.39. The van der Waals surface area contributed by atoms with Crippen LogP contribution in [-0.2, 0) is 15.6 Å². The van der Waals surface area contributed by atoms with Crippen molar-refractivity contribution < 1.29 is 8.42 Å². The molecule has 1 heterocycles. The van der Waals surface area contributed by atoms with Crippen molar-refractivity contribution in [1.82, 2.24) is 15.0 Å². The molecule has 2 rings (SSSR count). The van der Waals surface area contributed by atoms with Crippen LogP contribution >= 0.6 is 11.3 Å². The van der Waals surface area contributed by atoms with Crippen molar-refractivity contribution in [3.63, 3.8) is 0 Å². The van der Waals surface area contributed by atoms with Gasteiger partial charge >= 0.3 is 0 Å². The van der Waals surface area contributed by atoms with Gasteiger partial charge in [-0.3, -0.25) is 0 Å². The second kappa shape index (κ2) is 5.24. The molecule has 1 aliphatic carbocycles. The zero-order valence-electron chi connectivity index (χ0n) is 10.6. The first-order valence-electron chi connectivity index (χ1n) is 6.04. The minimum absolute atomic E-state index is 0.109. The average Bonchev–Trinajstić information content (AvgIpc) is 2.89. The van der Waals surface area contributed by atoms with Crippen LogP contribution in [0.15, 0.2) is 11.6 Å². The Bertz CT molecular complexity index is 478. The number of rotatable bonds is 7. The minimum Gasteiger partial charge on any atom is -0.313 e. The fourth-order valence-electron chi connectivity index (χ4n) is 1.70. The van der Waals surface area contributed by atoms with Gasteiger partial charge < -0.3 is 5.32 Å². The molecule has 0 radical (unpaired) electrons. The summed E-state index contributed by atoms with van der Waals surface area (Å²) in [5.74, 6) is 0.109. The quantitative estimate of drug-likeness (QED) is 0.787. The van der Waals surface area contributed by atoms with Crippen LogP contribution < -0.4 is 10.0 Å². The van der Waals surface area contributed by atoms with E-state index in [9.17, 15) is 8.42 Å². The van der Waals surface area contributed by atoms with Crippen molar-refractivity contribution in [2.75, 3.05) is 12.3 Å². The Hall–Kier alpha value is -0.500. The number of aromatic nitrogens is 1. The van der Waals surface area contributed by atoms with Gasteiger partial charge in [-0.15, -0.1) is 11.3 Å². The third kappa shape index (κ3) is 4.01. The summed E-state index contributed by atoms with van der Waals surface area (Å²) in [5, 5.41) is 5.83. The van der Waals surface area contributed by atoms with Crippen molar-refractivity contribution in [2.24, 2.45) is 0 Å². The van der Waals surface area contributed by atoms with Crippen molar-refractivity contribution in [3.8, 4) is 0 Å². The van der Waals surface area contributed by atoms with Crippen LogP contribution in [0, 0.1) is 0 Å². The van der Waals surface area contributed by atoms with Gasteiger partial charge in [0.05, 0.1) is 11.3 Å². The molecule has 18 heavy (non-hydrogen) atoms. The van der Waals surface area contributed by atoms with E-state index in [0.29, 0.717) is 12.6 Å². The van der Waals surface area contributed by atoms with Gasteiger partial charge in [-0.25, -0.2) is 18.1 Å². The molecule has 0 aromatic carbocycles. The summed E-state index contributed by atoms with van der Waals surface area (Å²) in [5.41, 5.74) is -0.646. The van der Waals surface area contributed by atoms with E-state index in [4.69, 9.17) is 0 Å². The van der Waals surface area contributed by atoms with Gasteiger partial charge in [0, 0.05) is 24.2 Å². The smallest absolute Gasteiger partial charge is 0.213 e. The van der Waals surface area contributed by atoms with Gasteiger partial charge in [0.25, 0.3) is 0 Å². The monoisotopic (exact) mass is 289 g/mol. The first-order valence-corrected chi connectivity index (χ1v) is 8.57. The Kier molecular flexibility index (Phi) is 4.05. The lowest BCUT2D eigenvalue weighted by Crippen LogP contribution is -2.43. The van der Waals surface area contributed by atoms with E-state index in [1.54, 1.807) is 6.20 Å². The SMILES string of the molecule is CC(C)(NS(=O)(=O)CCNC1CC1)c1nccs1. The molecule has 7 heteroatoms. The molecule has 2 N–H and O–H groups in total. The maximum Gasteiger partial charge on any atom is 0.213 e. The molecule has 102 valence electrons. The molecule has 1 aromatic rings. The topological polar surface area (TPSA) is 71.1 Å². The first kappa shape index (κ1) is 13.9. The van der Waals surface area contributed by atoms with Gasteiger partial charge in [0.15, 0.2) is 0 Å². The van der Waals surface area contributed by atoms with E-state index in [1.807, 2.05) is 19.2 Å². The van der Waals surface area contributed by atoms with Gasteiger partial charge in [-0.05, 0) is 26.7 Å². The highest BCUT2D eigenvalue weighted by Crippen LogP contribution is 2.23. The molecule has 1 fully saturated rings. The maximum absolute atomic E-state index is 12.0. The minimum atomic E-state index is -3.28. The highest BCUT2D eigenvalue weighted by molar-refractivity contribution is 7.89. The summed E-state index contributed by atoms with van der Waals surface area (Å²) in [7, 11) is -3.28. The van der Waals surface area contributed by atoms with Crippen LogP contribution in [0.3, 0.4) is 0 Å². The van der Waals surface area contributed by atoms with Crippen LogP contribution in [0.4, 0.5) is 0 Å². The Labute approximate surface area is 112 Å². The number of sulfonamides is 1. The van der Waals surface area contributed by atoms with Crippen LogP contribution in [0.1, 0.15) is 31.7 Å². The average molecular weight is 289 g/mol. The second-order valence-corrected chi connectivity index (χ2v) is 7.85. The second-order valence-electron chi connectivity index (χ2n) is 5.11. The Balaban J connectivity index is 1.89. The third-order valence-electron chi connectivity index (χ3n) is 2.76. The van der Waals surface area contributed by atoms with Gasteiger partial charge in [0.1, 0.15) is 5.01 Å². The van der Waals surface area contributed by atoms with Crippen LogP contribution in [0.5, 0.6) is 0 Å². The number of thiazole rings is 1. The van der Waals surface area contributed by atoms with E-state index in [-0.39, 0.29) is 5.75 Å². The Morgan fingerprint density at radius 2 is 2.22 bits per heavy atom. The molecule has 0 unspecified atom stereocenters. The normalized spacial score (nSPS) is 17.0. The predicted molar refractivity (Wildman–Crippen MR) is 73.1 cm³/mol. The van der Waals surface area contributed by atoms with E-state index >= 15 is 0 Å². The van der Waals surface area contributed by atoms with Gasteiger partial charge in [-0.1, -0.05) is 0 Å². The molecule has 0 saturated heterocycles. The summed E-state index contributed by atoms with van der Waals surface area (Å²) >= 11 is 1.46. The van der Waals surface area contributed by atoms with Crippen molar-refractivity contribution in [3.05, 3.63) is 16.6 Å². The standard InChI is InChI=1S/C11H19N3O2S2/c1-11(2,10-13-5-7-17-10)14-18(15,16)8-6-12-9-3-4-9/h5,7,9,12,14H,3-4,6,8H2,1-2H3. The molecule has 0 aliphatic heterocycles. The summed E-state index contributed by atoms with van der Waals surface area (Å²) in [4.78, 5) is 4.17. The molecular weight excluding hydrogens is 270 g/mol. The van der Waals surface area contributed by atoms with Crippen molar-refractivity contribution in [1.29, 1.82) is 0 Å². The maximum atomic E-state index is 12.0. The summed E-state index contributed by atoms with van der Waals surface area (Å²) < 4.78 is 26.6. The van der Waals surface area contributed by atoms with Crippen molar-refractivity contribution >= 4 is 21.4 Å². The predicted octanol–water partition coefficient (Wildman–Crippen LogP) is 1.05. The molecule has 1 aliphatic rings. The van der Waals surface area contributed by atoms with Gasteiger partial charge in [0.2, 0.25) is 10.0 Å². The summed E-state index contributed by atoms with van der Waals surface area (Å²) in [6, 6.07) is 0.534. The van der Waals surface area contributed by atoms with E-state index in [2.05, 4.69) is 15.0 Å². The number of hydrogen-bond donors (Lipinski definition) is 2. The molecular formula is C11H19N3O2S2. The lowest BCUT2D eigenvalue weighted by atomic mass is 10.1. The lowest BCUT2D eigenvalue weighted by molar-refractivity contribution is 0.469.